The van der Waals surface area contributed by atoms with Crippen molar-refractivity contribution in [3.63, 3.8) is 0 Å². The predicted molar refractivity (Wildman–Crippen MR) is 72.1 cm³/mol. The third-order valence-corrected chi connectivity index (χ3v) is 3.18. The summed E-state index contributed by atoms with van der Waals surface area (Å²) >= 11 is 0. The lowest BCUT2D eigenvalue weighted by Gasteiger charge is -2.28. The van der Waals surface area contributed by atoms with E-state index in [9.17, 15) is 27.9 Å². The van der Waals surface area contributed by atoms with Gasteiger partial charge in [-0.25, -0.2) is 4.79 Å². The largest absolute Gasteiger partial charge is 0.466 e. The van der Waals surface area contributed by atoms with Gasteiger partial charge in [-0.05, 0) is 19.1 Å². The number of ether oxygens (including phenoxy) is 1. The van der Waals surface area contributed by atoms with E-state index in [2.05, 4.69) is 4.74 Å². The standard InChI is InChI=1S/C14H16F3NO4/c1-4-18(9(2)19)11-7-5-10(6-8-11)13(21,12(20)22-3)14(15,16)17/h5-8,21H,4H2,1-3H3/t13-/m1/s1. The molecular formula is C14H16F3NO4. The molecule has 0 radical (unpaired) electrons. The highest BCUT2D eigenvalue weighted by Crippen LogP contribution is 2.40. The Hall–Kier alpha value is -2.09. The molecule has 5 nitrogen and oxygen atoms in total. The van der Waals surface area contributed by atoms with E-state index in [1.807, 2.05) is 0 Å². The zero-order valence-corrected chi connectivity index (χ0v) is 12.3. The minimum atomic E-state index is -5.24. The van der Waals surface area contributed by atoms with Gasteiger partial charge >= 0.3 is 12.1 Å². The lowest BCUT2D eigenvalue weighted by Crippen LogP contribution is -2.49. The number of alkyl halides is 3. The van der Waals surface area contributed by atoms with Crippen molar-refractivity contribution in [1.82, 2.24) is 0 Å². The SMILES string of the molecule is CCN(C(C)=O)c1ccc([C@@](O)(C(=O)OC)C(F)(F)F)cc1. The van der Waals surface area contributed by atoms with E-state index in [0.29, 0.717) is 12.2 Å². The number of carbonyl (C=O) groups excluding carboxylic acids is 2. The Morgan fingerprint density at radius 2 is 1.73 bits per heavy atom. The number of hydrogen-bond acceptors (Lipinski definition) is 4. The molecule has 0 aliphatic carbocycles. The van der Waals surface area contributed by atoms with Gasteiger partial charge in [0, 0.05) is 24.7 Å². The van der Waals surface area contributed by atoms with Gasteiger partial charge in [0.1, 0.15) is 0 Å². The Labute approximate surface area is 125 Å². The first-order valence-electron chi connectivity index (χ1n) is 6.35. The van der Waals surface area contributed by atoms with Crippen LogP contribution in [0.25, 0.3) is 0 Å². The maximum Gasteiger partial charge on any atom is 0.432 e. The zero-order chi connectivity index (χ0) is 17.1. The van der Waals surface area contributed by atoms with Crippen molar-refractivity contribution in [3.05, 3.63) is 29.8 Å². The average Bonchev–Trinajstić information content (AvgIpc) is 2.45. The molecule has 0 aliphatic rings. The summed E-state index contributed by atoms with van der Waals surface area (Å²) in [6.45, 7) is 3.35. The summed E-state index contributed by atoms with van der Waals surface area (Å²) in [7, 11) is 0.752. The molecular weight excluding hydrogens is 303 g/mol. The molecule has 0 heterocycles. The van der Waals surface area contributed by atoms with Crippen LogP contribution in [0.3, 0.4) is 0 Å². The lowest BCUT2D eigenvalue weighted by atomic mass is 9.93. The number of rotatable bonds is 4. The van der Waals surface area contributed by atoms with Gasteiger partial charge in [-0.3, -0.25) is 4.79 Å². The highest BCUT2D eigenvalue weighted by atomic mass is 19.4. The molecule has 1 amide bonds. The summed E-state index contributed by atoms with van der Waals surface area (Å²) in [5, 5.41) is 9.80. The van der Waals surface area contributed by atoms with Crippen molar-refractivity contribution in [1.29, 1.82) is 0 Å². The van der Waals surface area contributed by atoms with Crippen LogP contribution in [0.5, 0.6) is 0 Å². The Bertz CT molecular complexity index is 556. The van der Waals surface area contributed by atoms with Gasteiger partial charge < -0.3 is 14.7 Å². The number of aliphatic hydroxyl groups is 1. The maximum absolute atomic E-state index is 13.1. The van der Waals surface area contributed by atoms with E-state index in [-0.39, 0.29) is 5.91 Å². The second-order valence-electron chi connectivity index (χ2n) is 4.51. The van der Waals surface area contributed by atoms with Crippen LogP contribution in [0.4, 0.5) is 18.9 Å². The maximum atomic E-state index is 13.1. The molecule has 0 fully saturated rings. The predicted octanol–water partition coefficient (Wildman–Crippen LogP) is 1.98. The number of hydrogen-bond donors (Lipinski definition) is 1. The number of anilines is 1. The fourth-order valence-corrected chi connectivity index (χ4v) is 2.01. The van der Waals surface area contributed by atoms with Gasteiger partial charge in [-0.2, -0.15) is 13.2 Å². The van der Waals surface area contributed by atoms with E-state index in [0.717, 1.165) is 19.2 Å². The van der Waals surface area contributed by atoms with Gasteiger partial charge in [-0.1, -0.05) is 12.1 Å². The van der Waals surface area contributed by atoms with Gasteiger partial charge in [0.25, 0.3) is 5.60 Å². The molecule has 122 valence electrons. The number of esters is 1. The van der Waals surface area contributed by atoms with Crippen molar-refractivity contribution in [3.8, 4) is 0 Å². The molecule has 1 rings (SSSR count). The van der Waals surface area contributed by atoms with Gasteiger partial charge in [0.15, 0.2) is 0 Å². The molecule has 0 aliphatic heterocycles. The summed E-state index contributed by atoms with van der Waals surface area (Å²) in [6.07, 6.45) is -5.24. The van der Waals surface area contributed by atoms with Crippen molar-refractivity contribution in [2.24, 2.45) is 0 Å². The minimum Gasteiger partial charge on any atom is -0.466 e. The molecule has 22 heavy (non-hydrogen) atoms. The topological polar surface area (TPSA) is 66.8 Å². The number of benzene rings is 1. The summed E-state index contributed by atoms with van der Waals surface area (Å²) in [6, 6.07) is 4.32. The van der Waals surface area contributed by atoms with E-state index >= 15 is 0 Å². The van der Waals surface area contributed by atoms with E-state index in [4.69, 9.17) is 0 Å². The third kappa shape index (κ3) is 3.06. The molecule has 0 aromatic heterocycles. The van der Waals surface area contributed by atoms with Crippen molar-refractivity contribution in [2.75, 3.05) is 18.6 Å². The fraction of sp³-hybridized carbons (Fsp3) is 0.429. The smallest absolute Gasteiger partial charge is 0.432 e. The molecule has 0 unspecified atom stereocenters. The molecule has 1 aromatic carbocycles. The fourth-order valence-electron chi connectivity index (χ4n) is 2.01. The highest BCUT2D eigenvalue weighted by Gasteiger charge is 2.62. The number of halogens is 3. The van der Waals surface area contributed by atoms with Crippen molar-refractivity contribution >= 4 is 17.6 Å². The van der Waals surface area contributed by atoms with Gasteiger partial charge in [0.05, 0.1) is 7.11 Å². The first-order valence-corrected chi connectivity index (χ1v) is 6.35. The molecule has 1 aromatic rings. The molecule has 8 heteroatoms. The second kappa shape index (κ2) is 6.35. The van der Waals surface area contributed by atoms with Crippen LogP contribution in [0.1, 0.15) is 19.4 Å². The summed E-state index contributed by atoms with van der Waals surface area (Å²) in [4.78, 5) is 24.1. The Morgan fingerprint density at radius 3 is 2.05 bits per heavy atom. The van der Waals surface area contributed by atoms with Crippen LogP contribution < -0.4 is 4.90 Å². The summed E-state index contributed by atoms with van der Waals surface area (Å²) < 4.78 is 43.3. The quantitative estimate of drug-likeness (QED) is 0.862. The van der Waals surface area contributed by atoms with Crippen LogP contribution >= 0.6 is 0 Å². The highest BCUT2D eigenvalue weighted by molar-refractivity contribution is 5.91. The van der Waals surface area contributed by atoms with E-state index in [1.54, 1.807) is 6.92 Å². The van der Waals surface area contributed by atoms with Gasteiger partial charge in [0.2, 0.25) is 5.91 Å². The normalized spacial score (nSPS) is 14.1. The van der Waals surface area contributed by atoms with Crippen molar-refractivity contribution < 1.29 is 32.6 Å². The number of carbonyl (C=O) groups is 2. The lowest BCUT2D eigenvalue weighted by molar-refractivity contribution is -0.266. The number of methoxy groups -OCH3 is 1. The number of amides is 1. The monoisotopic (exact) mass is 319 g/mol. The Morgan fingerprint density at radius 1 is 1.23 bits per heavy atom. The Kier molecular flexibility index (Phi) is 5.18. The van der Waals surface area contributed by atoms with Crippen LogP contribution in [0.2, 0.25) is 0 Å². The second-order valence-corrected chi connectivity index (χ2v) is 4.51. The van der Waals surface area contributed by atoms with Crippen LogP contribution in [0.15, 0.2) is 24.3 Å². The molecule has 1 atom stereocenters. The summed E-state index contributed by atoms with van der Waals surface area (Å²) in [5.74, 6) is -2.11. The Balaban J connectivity index is 3.31. The molecule has 1 N–H and O–H groups in total. The van der Waals surface area contributed by atoms with E-state index < -0.39 is 23.3 Å². The van der Waals surface area contributed by atoms with Crippen LogP contribution in [-0.4, -0.2) is 36.8 Å². The van der Waals surface area contributed by atoms with Crippen LogP contribution in [-0.2, 0) is 19.9 Å². The van der Waals surface area contributed by atoms with Crippen LogP contribution in [0, 0.1) is 0 Å². The first kappa shape index (κ1) is 18.0. The average molecular weight is 319 g/mol. The van der Waals surface area contributed by atoms with Crippen molar-refractivity contribution in [2.45, 2.75) is 25.6 Å². The molecule has 0 saturated carbocycles. The first-order chi connectivity index (χ1) is 10.1. The van der Waals surface area contributed by atoms with E-state index in [1.165, 1.54) is 24.0 Å². The minimum absolute atomic E-state index is 0.283. The molecule has 0 bridgehead atoms. The number of nitrogens with zero attached hydrogens (tertiary/aromatic N) is 1. The zero-order valence-electron chi connectivity index (χ0n) is 12.3. The molecule has 0 spiro atoms. The van der Waals surface area contributed by atoms with Gasteiger partial charge in [-0.15, -0.1) is 0 Å². The third-order valence-electron chi connectivity index (χ3n) is 3.18. The molecule has 0 saturated heterocycles. The summed E-state index contributed by atoms with van der Waals surface area (Å²) in [5.41, 5.74) is -4.09.